The first-order valence-electron chi connectivity index (χ1n) is 9.20. The third-order valence-corrected chi connectivity index (χ3v) is 7.02. The van der Waals surface area contributed by atoms with E-state index in [0.717, 1.165) is 5.56 Å². The summed E-state index contributed by atoms with van der Waals surface area (Å²) < 4.78 is 27.2. The van der Waals surface area contributed by atoms with Gasteiger partial charge in [0.15, 0.2) is 0 Å². The van der Waals surface area contributed by atoms with E-state index in [0.29, 0.717) is 25.9 Å². The van der Waals surface area contributed by atoms with E-state index in [1.807, 2.05) is 38.1 Å². The lowest BCUT2D eigenvalue weighted by Crippen LogP contribution is -2.51. The highest BCUT2D eigenvalue weighted by Gasteiger charge is 2.41. The molecule has 5 nitrogen and oxygen atoms in total. The number of aryl methyl sites for hydroxylation is 1. The lowest BCUT2D eigenvalue weighted by molar-refractivity contribution is -0.132. The first-order chi connectivity index (χ1) is 12.8. The van der Waals surface area contributed by atoms with Crippen molar-refractivity contribution in [3.05, 3.63) is 65.7 Å². The Bertz CT molecular complexity index is 895. The molecule has 1 saturated heterocycles. The van der Waals surface area contributed by atoms with Gasteiger partial charge < -0.3 is 5.32 Å². The monoisotopic (exact) mass is 386 g/mol. The summed E-state index contributed by atoms with van der Waals surface area (Å²) in [7, 11) is -3.59. The predicted octanol–water partition coefficient (Wildman–Crippen LogP) is 3.10. The molecule has 0 radical (unpaired) electrons. The van der Waals surface area contributed by atoms with Gasteiger partial charge in [-0.2, -0.15) is 4.31 Å². The number of nitrogens with zero attached hydrogens (tertiary/aromatic N) is 1. The molecule has 27 heavy (non-hydrogen) atoms. The van der Waals surface area contributed by atoms with E-state index in [1.54, 1.807) is 30.3 Å². The number of amides is 1. The van der Waals surface area contributed by atoms with Crippen LogP contribution in [0.3, 0.4) is 0 Å². The van der Waals surface area contributed by atoms with Gasteiger partial charge in [0.05, 0.1) is 10.3 Å². The highest BCUT2D eigenvalue weighted by Crippen LogP contribution is 2.33. The Labute approximate surface area is 161 Å². The molecule has 1 aliphatic heterocycles. The van der Waals surface area contributed by atoms with E-state index in [-0.39, 0.29) is 17.3 Å². The predicted molar refractivity (Wildman–Crippen MR) is 106 cm³/mol. The zero-order valence-corrected chi connectivity index (χ0v) is 16.6. The van der Waals surface area contributed by atoms with E-state index in [4.69, 9.17) is 0 Å². The summed E-state index contributed by atoms with van der Waals surface area (Å²) >= 11 is 0. The fourth-order valence-electron chi connectivity index (χ4n) is 3.43. The standard InChI is InChI=1S/C21H26N2O3S/c1-17-9-11-18(12-10-17)15-22-20(24)21(2)13-6-14-23(16-21)27(25,26)19-7-4-3-5-8-19/h3-5,7-12H,6,13-16H2,1-2H3,(H,22,24). The van der Waals surface area contributed by atoms with Crippen molar-refractivity contribution in [1.29, 1.82) is 0 Å². The first-order valence-corrected chi connectivity index (χ1v) is 10.6. The zero-order valence-electron chi connectivity index (χ0n) is 15.8. The molecule has 6 heteroatoms. The number of hydrogen-bond donors (Lipinski definition) is 1. The van der Waals surface area contributed by atoms with Crippen molar-refractivity contribution in [3.63, 3.8) is 0 Å². The van der Waals surface area contributed by atoms with Crippen molar-refractivity contribution in [2.75, 3.05) is 13.1 Å². The molecular weight excluding hydrogens is 360 g/mol. The van der Waals surface area contributed by atoms with Gasteiger partial charge in [-0.05, 0) is 44.4 Å². The lowest BCUT2D eigenvalue weighted by Gasteiger charge is -2.38. The molecular formula is C21H26N2O3S. The molecule has 0 saturated carbocycles. The molecule has 2 aromatic carbocycles. The molecule has 0 spiro atoms. The normalized spacial score (nSPS) is 21.0. The fourth-order valence-corrected chi connectivity index (χ4v) is 5.05. The van der Waals surface area contributed by atoms with Gasteiger partial charge in [-0.15, -0.1) is 0 Å². The molecule has 1 heterocycles. The molecule has 1 unspecified atom stereocenters. The van der Waals surface area contributed by atoms with Crippen molar-refractivity contribution in [2.45, 2.75) is 38.1 Å². The molecule has 1 aliphatic rings. The van der Waals surface area contributed by atoms with Crippen LogP contribution in [0.25, 0.3) is 0 Å². The summed E-state index contributed by atoms with van der Waals surface area (Å²) in [6.45, 7) is 4.96. The number of carbonyl (C=O) groups is 1. The van der Waals surface area contributed by atoms with Crippen molar-refractivity contribution in [2.24, 2.45) is 5.41 Å². The van der Waals surface area contributed by atoms with Gasteiger partial charge in [0.25, 0.3) is 0 Å². The van der Waals surface area contributed by atoms with Crippen LogP contribution in [0, 0.1) is 12.3 Å². The second-order valence-corrected chi connectivity index (χ2v) is 9.42. The third-order valence-electron chi connectivity index (χ3n) is 5.16. The van der Waals surface area contributed by atoms with Crippen LogP contribution in [0.1, 0.15) is 30.9 Å². The van der Waals surface area contributed by atoms with Gasteiger partial charge in [-0.3, -0.25) is 4.79 Å². The van der Waals surface area contributed by atoms with Gasteiger partial charge in [0, 0.05) is 19.6 Å². The largest absolute Gasteiger partial charge is 0.352 e. The van der Waals surface area contributed by atoms with Crippen molar-refractivity contribution in [3.8, 4) is 0 Å². The van der Waals surface area contributed by atoms with Gasteiger partial charge in [0.2, 0.25) is 15.9 Å². The molecule has 0 bridgehead atoms. The SMILES string of the molecule is Cc1ccc(CNC(=O)C2(C)CCCN(S(=O)(=O)c3ccccc3)C2)cc1. The van der Waals surface area contributed by atoms with Crippen LogP contribution < -0.4 is 5.32 Å². The maximum atomic E-state index is 12.9. The Morgan fingerprint density at radius 1 is 1.11 bits per heavy atom. The topological polar surface area (TPSA) is 66.5 Å². The van der Waals surface area contributed by atoms with Gasteiger partial charge in [0.1, 0.15) is 0 Å². The number of sulfonamides is 1. The molecule has 144 valence electrons. The van der Waals surface area contributed by atoms with Crippen LogP contribution in [0.15, 0.2) is 59.5 Å². The molecule has 0 aliphatic carbocycles. The molecule has 1 atom stereocenters. The minimum atomic E-state index is -3.59. The van der Waals surface area contributed by atoms with E-state index in [2.05, 4.69) is 5.32 Å². The Hall–Kier alpha value is -2.18. The van der Waals surface area contributed by atoms with Crippen LogP contribution in [-0.4, -0.2) is 31.7 Å². The van der Waals surface area contributed by atoms with E-state index < -0.39 is 15.4 Å². The molecule has 3 rings (SSSR count). The molecule has 1 N–H and O–H groups in total. The summed E-state index contributed by atoms with van der Waals surface area (Å²) in [4.78, 5) is 13.1. The average molecular weight is 387 g/mol. The van der Waals surface area contributed by atoms with E-state index in [1.165, 1.54) is 9.87 Å². The zero-order chi connectivity index (χ0) is 19.5. The van der Waals surface area contributed by atoms with Crippen LogP contribution in [0.5, 0.6) is 0 Å². The Kier molecular flexibility index (Phi) is 5.67. The Morgan fingerprint density at radius 3 is 2.44 bits per heavy atom. The maximum Gasteiger partial charge on any atom is 0.243 e. The summed E-state index contributed by atoms with van der Waals surface area (Å²) in [5.41, 5.74) is 1.47. The summed E-state index contributed by atoms with van der Waals surface area (Å²) in [5.74, 6) is -0.101. The first kappa shape index (κ1) is 19.6. The third kappa shape index (κ3) is 4.39. The highest BCUT2D eigenvalue weighted by molar-refractivity contribution is 7.89. The number of rotatable bonds is 5. The summed E-state index contributed by atoms with van der Waals surface area (Å²) in [6, 6.07) is 16.4. The van der Waals surface area contributed by atoms with Crippen LogP contribution in [-0.2, 0) is 21.4 Å². The minimum absolute atomic E-state index is 0.101. The number of nitrogens with one attached hydrogen (secondary N) is 1. The summed E-state index contributed by atoms with van der Waals surface area (Å²) in [6.07, 6.45) is 1.34. The number of benzene rings is 2. The van der Waals surface area contributed by atoms with Gasteiger partial charge >= 0.3 is 0 Å². The second-order valence-electron chi connectivity index (χ2n) is 7.48. The number of carbonyl (C=O) groups excluding carboxylic acids is 1. The quantitative estimate of drug-likeness (QED) is 0.859. The van der Waals surface area contributed by atoms with E-state index in [9.17, 15) is 13.2 Å². The average Bonchev–Trinajstić information content (AvgIpc) is 2.68. The van der Waals surface area contributed by atoms with Gasteiger partial charge in [-0.1, -0.05) is 48.0 Å². The summed E-state index contributed by atoms with van der Waals surface area (Å²) in [5, 5.41) is 2.98. The Balaban J connectivity index is 1.70. The second kappa shape index (κ2) is 7.82. The molecule has 1 amide bonds. The van der Waals surface area contributed by atoms with Gasteiger partial charge in [-0.25, -0.2) is 8.42 Å². The highest BCUT2D eigenvalue weighted by atomic mass is 32.2. The van der Waals surface area contributed by atoms with Crippen LogP contribution in [0.4, 0.5) is 0 Å². The van der Waals surface area contributed by atoms with Crippen LogP contribution >= 0.6 is 0 Å². The number of hydrogen-bond acceptors (Lipinski definition) is 3. The maximum absolute atomic E-state index is 12.9. The minimum Gasteiger partial charge on any atom is -0.352 e. The lowest BCUT2D eigenvalue weighted by atomic mass is 9.82. The van der Waals surface area contributed by atoms with Crippen LogP contribution in [0.2, 0.25) is 0 Å². The fraction of sp³-hybridized carbons (Fsp3) is 0.381. The number of piperidine rings is 1. The van der Waals surface area contributed by atoms with Crippen molar-refractivity contribution < 1.29 is 13.2 Å². The van der Waals surface area contributed by atoms with E-state index >= 15 is 0 Å². The van der Waals surface area contributed by atoms with Crippen molar-refractivity contribution in [1.82, 2.24) is 9.62 Å². The smallest absolute Gasteiger partial charge is 0.243 e. The Morgan fingerprint density at radius 2 is 1.78 bits per heavy atom. The molecule has 1 fully saturated rings. The molecule has 2 aromatic rings. The van der Waals surface area contributed by atoms with Crippen molar-refractivity contribution >= 4 is 15.9 Å². The molecule has 0 aromatic heterocycles.